The van der Waals surface area contributed by atoms with Crippen LogP contribution in [0.15, 0.2) is 6.20 Å². The number of quaternary nitrogens is 1. The van der Waals surface area contributed by atoms with Crippen LogP contribution >= 0.6 is 0 Å². The Hall–Kier alpha value is -1.72. The smallest absolute Gasteiger partial charge is 0.407 e. The fourth-order valence-corrected chi connectivity index (χ4v) is 6.08. The molecule has 0 aliphatic rings. The number of ether oxygens (including phenoxy) is 1. The van der Waals surface area contributed by atoms with Gasteiger partial charge in [-0.3, -0.25) is 0 Å². The van der Waals surface area contributed by atoms with Crippen LogP contribution in [0.1, 0.15) is 128 Å². The first-order chi connectivity index (χ1) is 20.0. The lowest BCUT2D eigenvalue weighted by molar-refractivity contribution is -0.870. The molecule has 42 heavy (non-hydrogen) atoms. The van der Waals surface area contributed by atoms with Crippen molar-refractivity contribution in [3.63, 3.8) is 0 Å². The third-order valence-electron chi connectivity index (χ3n) is 7.59. The second-order valence-electron chi connectivity index (χ2n) is 12.8. The standard InChI is InChI=1S/C31H62N6O4S/c1-6-7-8-9-10-11-12-13-14-15-16-17-18-19-20-21-23-32-31(38)41-28-30(36-29(2)26-33-35-36)27-34-42(39,40)25-22-24-37(3,4)5/h26,30,34H,6-25,27-28H2,1-5H3/p+1. The van der Waals surface area contributed by atoms with E-state index >= 15 is 0 Å². The van der Waals surface area contributed by atoms with Gasteiger partial charge in [-0.2, -0.15) is 0 Å². The lowest BCUT2D eigenvalue weighted by atomic mass is 10.0. The summed E-state index contributed by atoms with van der Waals surface area (Å²) in [5.41, 5.74) is 0.765. The molecule has 0 aromatic carbocycles. The number of amides is 1. The van der Waals surface area contributed by atoms with E-state index in [2.05, 4.69) is 27.3 Å². The zero-order chi connectivity index (χ0) is 31.1. The molecule has 1 unspecified atom stereocenters. The van der Waals surface area contributed by atoms with Gasteiger partial charge < -0.3 is 14.5 Å². The predicted molar refractivity (Wildman–Crippen MR) is 172 cm³/mol. The van der Waals surface area contributed by atoms with Gasteiger partial charge in [-0.25, -0.2) is 22.6 Å². The molecular weight excluding hydrogens is 552 g/mol. The number of hydrogen-bond donors (Lipinski definition) is 2. The number of rotatable bonds is 27. The Morgan fingerprint density at radius 1 is 0.881 bits per heavy atom. The Morgan fingerprint density at radius 3 is 1.88 bits per heavy atom. The molecule has 0 radical (unpaired) electrons. The van der Waals surface area contributed by atoms with Crippen LogP contribution in [0.25, 0.3) is 0 Å². The van der Waals surface area contributed by atoms with E-state index in [0.717, 1.165) is 25.1 Å². The summed E-state index contributed by atoms with van der Waals surface area (Å²) in [6.45, 7) is 5.50. The van der Waals surface area contributed by atoms with E-state index in [1.165, 1.54) is 89.9 Å². The van der Waals surface area contributed by atoms with Crippen LogP contribution in [0.2, 0.25) is 0 Å². The maximum absolute atomic E-state index is 12.5. The zero-order valence-electron chi connectivity index (χ0n) is 27.5. The van der Waals surface area contributed by atoms with Crippen molar-refractivity contribution >= 4 is 16.1 Å². The van der Waals surface area contributed by atoms with Gasteiger partial charge in [0, 0.05) is 19.5 Å². The van der Waals surface area contributed by atoms with Crippen LogP contribution in [0, 0.1) is 6.92 Å². The summed E-state index contributed by atoms with van der Waals surface area (Å²) in [4.78, 5) is 12.3. The molecule has 1 atom stereocenters. The summed E-state index contributed by atoms with van der Waals surface area (Å²) < 4.78 is 35.4. The Bertz CT molecular complexity index is 917. The van der Waals surface area contributed by atoms with Crippen molar-refractivity contribution in [3.05, 3.63) is 11.9 Å². The van der Waals surface area contributed by atoms with Gasteiger partial charge in [0.1, 0.15) is 12.6 Å². The van der Waals surface area contributed by atoms with Crippen LogP contribution in [-0.2, 0) is 14.8 Å². The molecule has 1 heterocycles. The summed E-state index contributed by atoms with van der Waals surface area (Å²) in [6, 6.07) is -0.484. The number of sulfonamides is 1. The van der Waals surface area contributed by atoms with E-state index < -0.39 is 22.2 Å². The maximum atomic E-state index is 12.5. The molecule has 0 saturated heterocycles. The lowest BCUT2D eigenvalue weighted by Gasteiger charge is -2.24. The molecule has 0 saturated carbocycles. The second-order valence-corrected chi connectivity index (χ2v) is 14.8. The lowest BCUT2D eigenvalue weighted by Crippen LogP contribution is -2.39. The number of aryl methyl sites for hydroxylation is 1. The molecule has 1 aromatic heterocycles. The van der Waals surface area contributed by atoms with Crippen molar-refractivity contribution in [1.82, 2.24) is 25.0 Å². The molecule has 1 aromatic rings. The van der Waals surface area contributed by atoms with Crippen molar-refractivity contribution in [3.8, 4) is 0 Å². The molecule has 2 N–H and O–H groups in total. The van der Waals surface area contributed by atoms with Crippen molar-refractivity contribution in [2.24, 2.45) is 0 Å². The number of nitrogens with zero attached hydrogens (tertiary/aromatic N) is 4. The van der Waals surface area contributed by atoms with Crippen LogP contribution < -0.4 is 10.0 Å². The number of carbonyl (C=O) groups excluding carboxylic acids is 1. The highest BCUT2D eigenvalue weighted by molar-refractivity contribution is 7.89. The highest BCUT2D eigenvalue weighted by Crippen LogP contribution is 2.14. The minimum Gasteiger partial charge on any atom is -0.447 e. The number of hydrogen-bond acceptors (Lipinski definition) is 6. The summed E-state index contributed by atoms with van der Waals surface area (Å²) in [5, 5.41) is 10.8. The van der Waals surface area contributed by atoms with E-state index in [9.17, 15) is 13.2 Å². The fourth-order valence-electron chi connectivity index (χ4n) is 4.98. The zero-order valence-corrected chi connectivity index (χ0v) is 28.4. The first-order valence-corrected chi connectivity index (χ1v) is 18.2. The van der Waals surface area contributed by atoms with Gasteiger partial charge in [0.05, 0.1) is 45.3 Å². The van der Waals surface area contributed by atoms with Crippen molar-refractivity contribution in [2.45, 2.75) is 129 Å². The van der Waals surface area contributed by atoms with Gasteiger partial charge in [0.25, 0.3) is 0 Å². The largest absolute Gasteiger partial charge is 0.447 e. The molecule has 0 aliphatic carbocycles. The summed E-state index contributed by atoms with van der Waals surface area (Å²) in [6.07, 6.45) is 22.6. The highest BCUT2D eigenvalue weighted by atomic mass is 32.2. The molecule has 0 fully saturated rings. The summed E-state index contributed by atoms with van der Waals surface area (Å²) in [5.74, 6) is 0.0478. The van der Waals surface area contributed by atoms with E-state index in [1.807, 2.05) is 28.1 Å². The second kappa shape index (κ2) is 22.8. The molecular formula is C31H63N6O4S+. The molecule has 0 spiro atoms. The minimum atomic E-state index is -3.46. The van der Waals surface area contributed by atoms with Gasteiger partial charge in [-0.05, 0) is 13.3 Å². The van der Waals surface area contributed by atoms with Crippen molar-refractivity contribution < 1.29 is 22.4 Å². The first kappa shape index (κ1) is 38.3. The Morgan fingerprint density at radius 2 is 1.40 bits per heavy atom. The van der Waals surface area contributed by atoms with Crippen LogP contribution in [-0.4, -0.2) is 87.1 Å². The van der Waals surface area contributed by atoms with Gasteiger partial charge in [-0.1, -0.05) is 108 Å². The van der Waals surface area contributed by atoms with Crippen LogP contribution in [0.5, 0.6) is 0 Å². The van der Waals surface area contributed by atoms with E-state index in [0.29, 0.717) is 17.4 Å². The van der Waals surface area contributed by atoms with Crippen molar-refractivity contribution in [1.29, 1.82) is 0 Å². The molecule has 0 aliphatic heterocycles. The van der Waals surface area contributed by atoms with Gasteiger partial charge in [-0.15, -0.1) is 5.10 Å². The fraction of sp³-hybridized carbons (Fsp3) is 0.903. The van der Waals surface area contributed by atoms with Crippen LogP contribution in [0.4, 0.5) is 4.79 Å². The number of aromatic nitrogens is 3. The maximum Gasteiger partial charge on any atom is 0.407 e. The number of carbonyl (C=O) groups is 1. The quantitative estimate of drug-likeness (QED) is 0.0909. The van der Waals surface area contributed by atoms with Crippen molar-refractivity contribution in [2.75, 3.05) is 53.1 Å². The average molecular weight is 616 g/mol. The minimum absolute atomic E-state index is 0.00358. The molecule has 1 amide bonds. The van der Waals surface area contributed by atoms with E-state index in [1.54, 1.807) is 10.9 Å². The van der Waals surface area contributed by atoms with Gasteiger partial charge in [0.15, 0.2) is 0 Å². The third kappa shape index (κ3) is 21.0. The van der Waals surface area contributed by atoms with E-state index in [4.69, 9.17) is 4.74 Å². The average Bonchev–Trinajstić information content (AvgIpc) is 3.35. The summed E-state index contributed by atoms with van der Waals surface area (Å²) in [7, 11) is 2.64. The van der Waals surface area contributed by atoms with E-state index in [-0.39, 0.29) is 18.9 Å². The van der Waals surface area contributed by atoms with Gasteiger partial charge in [0.2, 0.25) is 10.0 Å². The number of nitrogens with one attached hydrogen (secondary N) is 2. The SMILES string of the molecule is CCCCCCCCCCCCCCCCCCNC(=O)OCC(CNS(=O)(=O)CCC[N+](C)(C)C)n1nncc1C. The first-order valence-electron chi connectivity index (χ1n) is 16.6. The molecule has 1 rings (SSSR count). The number of alkyl carbamates (subject to hydrolysis) is 1. The molecule has 0 bridgehead atoms. The molecule has 11 heteroatoms. The Balaban J connectivity index is 2.14. The predicted octanol–water partition coefficient (Wildman–Crippen LogP) is 6.13. The Kier molecular flexibility index (Phi) is 20.8. The van der Waals surface area contributed by atoms with Gasteiger partial charge >= 0.3 is 6.09 Å². The van der Waals surface area contributed by atoms with Crippen LogP contribution in [0.3, 0.4) is 0 Å². The third-order valence-corrected chi connectivity index (χ3v) is 9.02. The Labute approximate surface area is 257 Å². The number of unbranched alkanes of at least 4 members (excludes halogenated alkanes) is 15. The summed E-state index contributed by atoms with van der Waals surface area (Å²) >= 11 is 0. The molecule has 246 valence electrons. The molecule has 10 nitrogen and oxygen atoms in total. The highest BCUT2D eigenvalue weighted by Gasteiger charge is 2.21. The monoisotopic (exact) mass is 615 g/mol. The topological polar surface area (TPSA) is 115 Å². The normalized spacial score (nSPS) is 12.9.